The van der Waals surface area contributed by atoms with Crippen molar-refractivity contribution in [2.75, 3.05) is 0 Å². The van der Waals surface area contributed by atoms with E-state index >= 15 is 0 Å². The molecule has 0 N–H and O–H groups in total. The van der Waals surface area contributed by atoms with Crippen LogP contribution in [0.3, 0.4) is 0 Å². The van der Waals surface area contributed by atoms with E-state index in [-0.39, 0.29) is 0 Å². The van der Waals surface area contributed by atoms with Crippen molar-refractivity contribution >= 4 is 6.08 Å². The van der Waals surface area contributed by atoms with Gasteiger partial charge in [0.2, 0.25) is 0 Å². The first-order valence-electron chi connectivity index (χ1n) is 5.64. The Bertz CT molecular complexity index is 440. The Kier molecular flexibility index (Phi) is 3.55. The van der Waals surface area contributed by atoms with E-state index in [1.54, 1.807) is 0 Å². The highest BCUT2D eigenvalue weighted by Crippen LogP contribution is 2.17. The molecule has 0 spiro atoms. The van der Waals surface area contributed by atoms with Gasteiger partial charge in [0.15, 0.2) is 0 Å². The van der Waals surface area contributed by atoms with Crippen LogP contribution in [0.25, 0.3) is 6.08 Å². The van der Waals surface area contributed by atoms with Gasteiger partial charge >= 0.3 is 0 Å². The molecule has 0 radical (unpaired) electrons. The number of allylic oxidation sites excluding steroid dienone is 1. The van der Waals surface area contributed by atoms with Crippen LogP contribution >= 0.6 is 0 Å². The maximum absolute atomic E-state index is 2.24. The summed E-state index contributed by atoms with van der Waals surface area (Å²) in [5, 5.41) is 0. The summed E-state index contributed by atoms with van der Waals surface area (Å²) in [7, 11) is 0. The first-order chi connectivity index (χ1) is 7.86. The lowest BCUT2D eigenvalue weighted by Gasteiger charge is -2.05. The molecular formula is C16H16. The monoisotopic (exact) mass is 208 g/mol. The minimum absolute atomic E-state index is 0.460. The average Bonchev–Trinajstić information content (AvgIpc) is 2.38. The molecule has 0 bridgehead atoms. The molecule has 2 aromatic carbocycles. The second kappa shape index (κ2) is 5.32. The topological polar surface area (TPSA) is 0 Å². The molecule has 0 saturated carbocycles. The predicted molar refractivity (Wildman–Crippen MR) is 70.3 cm³/mol. The maximum atomic E-state index is 2.24. The van der Waals surface area contributed by atoms with Crippen LogP contribution in [-0.4, -0.2) is 0 Å². The summed E-state index contributed by atoms with van der Waals surface area (Å²) in [5.41, 5.74) is 2.61. The lowest BCUT2D eigenvalue weighted by molar-refractivity contribution is 0.973. The largest absolute Gasteiger partial charge is 0.0767 e. The van der Waals surface area contributed by atoms with Crippen LogP contribution in [0.15, 0.2) is 66.7 Å². The van der Waals surface area contributed by atoms with Crippen molar-refractivity contribution in [3.8, 4) is 0 Å². The molecule has 16 heavy (non-hydrogen) atoms. The Morgan fingerprint density at radius 2 is 1.38 bits per heavy atom. The first-order valence-corrected chi connectivity index (χ1v) is 5.64. The van der Waals surface area contributed by atoms with Gasteiger partial charge in [0.25, 0.3) is 0 Å². The van der Waals surface area contributed by atoms with E-state index in [1.165, 1.54) is 11.1 Å². The quantitative estimate of drug-likeness (QED) is 0.696. The van der Waals surface area contributed by atoms with Crippen LogP contribution in [0.2, 0.25) is 0 Å². The summed E-state index contributed by atoms with van der Waals surface area (Å²) in [5.74, 6) is 0.460. The third-order valence-electron chi connectivity index (χ3n) is 2.70. The van der Waals surface area contributed by atoms with E-state index in [1.807, 2.05) is 6.07 Å². The molecule has 0 aromatic heterocycles. The molecule has 0 saturated heterocycles. The summed E-state index contributed by atoms with van der Waals surface area (Å²) in [6.45, 7) is 2.22. The second-order valence-corrected chi connectivity index (χ2v) is 3.97. The molecule has 0 aliphatic heterocycles. The molecule has 1 atom stereocenters. The fourth-order valence-corrected chi connectivity index (χ4v) is 1.69. The van der Waals surface area contributed by atoms with Crippen molar-refractivity contribution < 1.29 is 0 Å². The van der Waals surface area contributed by atoms with E-state index in [9.17, 15) is 0 Å². The Morgan fingerprint density at radius 3 is 2.00 bits per heavy atom. The van der Waals surface area contributed by atoms with Crippen molar-refractivity contribution in [3.63, 3.8) is 0 Å². The molecule has 0 heteroatoms. The van der Waals surface area contributed by atoms with Gasteiger partial charge in [-0.1, -0.05) is 79.7 Å². The minimum atomic E-state index is 0.460. The Morgan fingerprint density at radius 1 is 0.812 bits per heavy atom. The zero-order valence-corrected chi connectivity index (χ0v) is 9.51. The van der Waals surface area contributed by atoms with Crippen LogP contribution in [-0.2, 0) is 0 Å². The van der Waals surface area contributed by atoms with Gasteiger partial charge < -0.3 is 0 Å². The lowest BCUT2D eigenvalue weighted by atomic mass is 10.00. The first kappa shape index (κ1) is 10.7. The second-order valence-electron chi connectivity index (χ2n) is 3.97. The van der Waals surface area contributed by atoms with Gasteiger partial charge in [-0.3, -0.25) is 0 Å². The highest BCUT2D eigenvalue weighted by atomic mass is 14.0. The number of hydrogen-bond donors (Lipinski definition) is 0. The third kappa shape index (κ3) is 2.83. The highest BCUT2D eigenvalue weighted by Gasteiger charge is 1.98. The minimum Gasteiger partial charge on any atom is -0.0767 e. The SMILES string of the molecule is C[C@H](C=Cc1ccccc1)c1ccccc1. The fourth-order valence-electron chi connectivity index (χ4n) is 1.69. The van der Waals surface area contributed by atoms with Crippen molar-refractivity contribution in [2.24, 2.45) is 0 Å². The molecule has 80 valence electrons. The Balaban J connectivity index is 2.08. The van der Waals surface area contributed by atoms with Crippen LogP contribution in [0.4, 0.5) is 0 Å². The fraction of sp³-hybridized carbons (Fsp3) is 0.125. The van der Waals surface area contributed by atoms with Crippen LogP contribution in [0.5, 0.6) is 0 Å². The van der Waals surface area contributed by atoms with Gasteiger partial charge in [-0.15, -0.1) is 0 Å². The zero-order chi connectivity index (χ0) is 11.2. The molecule has 0 nitrogen and oxygen atoms in total. The Hall–Kier alpha value is -1.82. The van der Waals surface area contributed by atoms with E-state index in [2.05, 4.69) is 73.7 Å². The molecule has 0 heterocycles. The average molecular weight is 208 g/mol. The van der Waals surface area contributed by atoms with Gasteiger partial charge in [0.1, 0.15) is 0 Å². The van der Waals surface area contributed by atoms with Gasteiger partial charge in [0, 0.05) is 0 Å². The molecule has 0 aliphatic rings. The summed E-state index contributed by atoms with van der Waals surface area (Å²) in [4.78, 5) is 0. The zero-order valence-electron chi connectivity index (χ0n) is 9.51. The standard InChI is InChI=1S/C16H16/c1-14(16-10-6-3-7-11-16)12-13-15-8-4-2-5-9-15/h2-14H,1H3/t14-/m1/s1. The van der Waals surface area contributed by atoms with E-state index in [4.69, 9.17) is 0 Å². The predicted octanol–water partition coefficient (Wildman–Crippen LogP) is 4.50. The van der Waals surface area contributed by atoms with Crippen LogP contribution in [0.1, 0.15) is 24.0 Å². The number of hydrogen-bond acceptors (Lipinski definition) is 0. The van der Waals surface area contributed by atoms with E-state index in [0.29, 0.717) is 5.92 Å². The molecule has 2 aromatic rings. The number of benzene rings is 2. The summed E-state index contributed by atoms with van der Waals surface area (Å²) >= 11 is 0. The summed E-state index contributed by atoms with van der Waals surface area (Å²) in [6, 6.07) is 21.0. The molecule has 0 fully saturated rings. The van der Waals surface area contributed by atoms with E-state index < -0.39 is 0 Å². The van der Waals surface area contributed by atoms with Gasteiger partial charge in [-0.2, -0.15) is 0 Å². The molecular weight excluding hydrogens is 192 g/mol. The molecule has 0 unspecified atom stereocenters. The summed E-state index contributed by atoms with van der Waals surface area (Å²) in [6.07, 6.45) is 4.42. The van der Waals surface area contributed by atoms with Crippen LogP contribution in [0, 0.1) is 0 Å². The third-order valence-corrected chi connectivity index (χ3v) is 2.70. The molecule has 2 rings (SSSR count). The Labute approximate surface area is 97.3 Å². The van der Waals surface area contributed by atoms with Crippen molar-refractivity contribution in [1.29, 1.82) is 0 Å². The molecule has 0 amide bonds. The van der Waals surface area contributed by atoms with Crippen molar-refractivity contribution in [1.82, 2.24) is 0 Å². The molecule has 0 aliphatic carbocycles. The highest BCUT2D eigenvalue weighted by molar-refractivity contribution is 5.50. The van der Waals surface area contributed by atoms with Gasteiger partial charge in [-0.25, -0.2) is 0 Å². The summed E-state index contributed by atoms with van der Waals surface area (Å²) < 4.78 is 0. The smallest absolute Gasteiger partial charge is 0.000711 e. The van der Waals surface area contributed by atoms with E-state index in [0.717, 1.165) is 0 Å². The van der Waals surface area contributed by atoms with Crippen LogP contribution < -0.4 is 0 Å². The lowest BCUT2D eigenvalue weighted by Crippen LogP contribution is -1.87. The van der Waals surface area contributed by atoms with Gasteiger partial charge in [0.05, 0.1) is 0 Å². The normalized spacial score (nSPS) is 12.8. The van der Waals surface area contributed by atoms with Crippen molar-refractivity contribution in [2.45, 2.75) is 12.8 Å². The van der Waals surface area contributed by atoms with Gasteiger partial charge in [-0.05, 0) is 17.0 Å². The van der Waals surface area contributed by atoms with Crippen molar-refractivity contribution in [3.05, 3.63) is 77.9 Å². The number of rotatable bonds is 3. The maximum Gasteiger partial charge on any atom is -0.000711 e.